The molecule has 13 heavy (non-hydrogen) atoms. The van der Waals surface area contributed by atoms with Crippen LogP contribution in [0.25, 0.3) is 0 Å². The minimum Gasteiger partial charge on any atom is -0.336 e. The van der Waals surface area contributed by atoms with Crippen LogP contribution in [0.2, 0.25) is 0 Å². The number of alkyl halides is 3. The highest BCUT2D eigenvalue weighted by Gasteiger charge is 2.47. The van der Waals surface area contributed by atoms with E-state index >= 15 is 0 Å². The molecule has 1 aliphatic rings. The molecule has 0 heterocycles. The highest BCUT2D eigenvalue weighted by Crippen LogP contribution is 2.46. The summed E-state index contributed by atoms with van der Waals surface area (Å²) >= 11 is 0. The first-order valence-electron chi connectivity index (χ1n) is 4.07. The zero-order valence-corrected chi connectivity index (χ0v) is 7.61. The van der Waals surface area contributed by atoms with Crippen molar-refractivity contribution in [1.29, 1.82) is 0 Å². The van der Waals surface area contributed by atoms with E-state index in [0.717, 1.165) is 4.90 Å². The summed E-state index contributed by atoms with van der Waals surface area (Å²) in [6, 6.07) is 0. The highest BCUT2D eigenvalue weighted by molar-refractivity contribution is 5.84. The molecule has 0 N–H and O–H groups in total. The van der Waals surface area contributed by atoms with E-state index in [2.05, 4.69) is 0 Å². The molecule has 0 spiro atoms. The van der Waals surface area contributed by atoms with Crippen LogP contribution in [-0.2, 0) is 4.79 Å². The summed E-state index contributed by atoms with van der Waals surface area (Å²) in [7, 11) is 1.19. The van der Waals surface area contributed by atoms with E-state index in [9.17, 15) is 18.0 Å². The third-order valence-corrected chi connectivity index (χ3v) is 2.28. The molecule has 1 aliphatic carbocycles. The van der Waals surface area contributed by atoms with Crippen molar-refractivity contribution < 1.29 is 18.0 Å². The number of nitrogens with zero attached hydrogens (tertiary/aromatic N) is 1. The number of halogens is 3. The fourth-order valence-corrected chi connectivity index (χ4v) is 1.20. The number of carbonyl (C=O) groups excluding carboxylic acids is 1. The van der Waals surface area contributed by atoms with E-state index in [-0.39, 0.29) is 0 Å². The third-order valence-electron chi connectivity index (χ3n) is 2.28. The molecule has 0 unspecified atom stereocenters. The lowest BCUT2D eigenvalue weighted by Crippen LogP contribution is -2.39. The monoisotopic (exact) mass is 195 g/mol. The maximum atomic E-state index is 11.9. The number of rotatable bonds is 2. The predicted octanol–water partition coefficient (Wildman–Crippen LogP) is 1.81. The van der Waals surface area contributed by atoms with E-state index in [0.29, 0.717) is 12.8 Å². The van der Waals surface area contributed by atoms with Gasteiger partial charge in [0.15, 0.2) is 0 Å². The van der Waals surface area contributed by atoms with Gasteiger partial charge in [0, 0.05) is 12.5 Å². The highest BCUT2D eigenvalue weighted by atomic mass is 19.4. The lowest BCUT2D eigenvalue weighted by Gasteiger charge is -2.21. The summed E-state index contributed by atoms with van der Waals surface area (Å²) in [6.45, 7) is 0.545. The van der Waals surface area contributed by atoms with E-state index in [1.165, 1.54) is 7.05 Å². The van der Waals surface area contributed by atoms with Gasteiger partial charge in [-0.1, -0.05) is 6.92 Å². The second-order valence-corrected chi connectivity index (χ2v) is 3.84. The maximum absolute atomic E-state index is 11.9. The third kappa shape index (κ3) is 2.60. The first-order valence-corrected chi connectivity index (χ1v) is 4.07. The number of amides is 1. The lowest BCUT2D eigenvalue weighted by molar-refractivity contribution is -0.161. The fraction of sp³-hybridized carbons (Fsp3) is 0.875. The quantitative estimate of drug-likeness (QED) is 0.658. The van der Waals surface area contributed by atoms with Crippen LogP contribution in [0.3, 0.4) is 0 Å². The zero-order chi connectivity index (χ0) is 10.3. The molecule has 1 amide bonds. The topological polar surface area (TPSA) is 20.3 Å². The second-order valence-electron chi connectivity index (χ2n) is 3.84. The molecule has 0 bridgehead atoms. The van der Waals surface area contributed by atoms with Gasteiger partial charge in [0.05, 0.1) is 0 Å². The van der Waals surface area contributed by atoms with Crippen LogP contribution >= 0.6 is 0 Å². The van der Waals surface area contributed by atoms with Crippen molar-refractivity contribution in [3.63, 3.8) is 0 Å². The molecule has 0 aliphatic heterocycles. The van der Waals surface area contributed by atoms with Crippen LogP contribution in [0.1, 0.15) is 19.8 Å². The summed E-state index contributed by atoms with van der Waals surface area (Å²) < 4.78 is 35.6. The second kappa shape index (κ2) is 2.89. The van der Waals surface area contributed by atoms with Gasteiger partial charge in [0.2, 0.25) is 5.91 Å². The van der Waals surface area contributed by atoms with E-state index in [4.69, 9.17) is 0 Å². The molecule has 2 nitrogen and oxygen atoms in total. The Morgan fingerprint density at radius 2 is 1.92 bits per heavy atom. The van der Waals surface area contributed by atoms with Gasteiger partial charge in [-0.15, -0.1) is 0 Å². The minimum atomic E-state index is -4.30. The Bertz CT molecular complexity index is 220. The van der Waals surface area contributed by atoms with Gasteiger partial charge in [-0.25, -0.2) is 0 Å². The van der Waals surface area contributed by atoms with Crippen molar-refractivity contribution >= 4 is 5.91 Å². The molecule has 0 saturated heterocycles. The molecule has 0 atom stereocenters. The number of hydrogen-bond donors (Lipinski definition) is 0. The molecule has 0 aromatic rings. The van der Waals surface area contributed by atoms with Crippen molar-refractivity contribution in [3.8, 4) is 0 Å². The summed E-state index contributed by atoms with van der Waals surface area (Å²) in [4.78, 5) is 12.1. The summed E-state index contributed by atoms with van der Waals surface area (Å²) in [6.07, 6.45) is -2.89. The molecule has 0 aromatic carbocycles. The Morgan fingerprint density at radius 3 is 2.23 bits per heavy atom. The standard InChI is InChI=1S/C8H12F3NO/c1-7(3-4-7)6(13)12(2)5-8(9,10)11/h3-5H2,1-2H3. The molecule has 0 radical (unpaired) electrons. The van der Waals surface area contributed by atoms with Gasteiger partial charge < -0.3 is 4.90 Å². The Morgan fingerprint density at radius 1 is 1.46 bits per heavy atom. The van der Waals surface area contributed by atoms with Crippen molar-refractivity contribution in [1.82, 2.24) is 4.90 Å². The maximum Gasteiger partial charge on any atom is 0.406 e. The van der Waals surface area contributed by atoms with Crippen molar-refractivity contribution in [2.45, 2.75) is 25.9 Å². The Balaban J connectivity index is 2.48. The van der Waals surface area contributed by atoms with Gasteiger partial charge >= 0.3 is 6.18 Å². The van der Waals surface area contributed by atoms with E-state index in [1.54, 1.807) is 6.92 Å². The fourth-order valence-electron chi connectivity index (χ4n) is 1.20. The average Bonchev–Trinajstić information content (AvgIpc) is 2.64. The molecular weight excluding hydrogens is 183 g/mol. The van der Waals surface area contributed by atoms with Crippen LogP contribution in [0.4, 0.5) is 13.2 Å². The largest absolute Gasteiger partial charge is 0.406 e. The van der Waals surface area contributed by atoms with Crippen LogP contribution < -0.4 is 0 Å². The van der Waals surface area contributed by atoms with Gasteiger partial charge in [0.25, 0.3) is 0 Å². The number of hydrogen-bond acceptors (Lipinski definition) is 1. The normalized spacial score (nSPS) is 19.8. The first kappa shape index (κ1) is 10.3. The Kier molecular flexibility index (Phi) is 2.30. The summed E-state index contributed by atoms with van der Waals surface area (Å²) in [5, 5.41) is 0. The van der Waals surface area contributed by atoms with Gasteiger partial charge in [-0.05, 0) is 12.8 Å². The first-order chi connectivity index (χ1) is 5.75. The molecule has 1 saturated carbocycles. The van der Waals surface area contributed by atoms with Crippen LogP contribution in [0, 0.1) is 5.41 Å². The van der Waals surface area contributed by atoms with E-state index < -0.39 is 24.0 Å². The molecular formula is C8H12F3NO. The number of carbonyl (C=O) groups is 1. The van der Waals surface area contributed by atoms with Gasteiger partial charge in [-0.3, -0.25) is 4.79 Å². The van der Waals surface area contributed by atoms with Crippen molar-refractivity contribution in [2.75, 3.05) is 13.6 Å². The summed E-state index contributed by atoms with van der Waals surface area (Å²) in [5.41, 5.74) is -0.514. The zero-order valence-electron chi connectivity index (χ0n) is 7.61. The Hall–Kier alpha value is -0.740. The summed E-state index contributed by atoms with van der Waals surface area (Å²) in [5.74, 6) is -0.398. The molecule has 0 aromatic heterocycles. The van der Waals surface area contributed by atoms with Crippen molar-refractivity contribution in [2.24, 2.45) is 5.41 Å². The van der Waals surface area contributed by atoms with Gasteiger partial charge in [-0.2, -0.15) is 13.2 Å². The minimum absolute atomic E-state index is 0.398. The molecule has 76 valence electrons. The van der Waals surface area contributed by atoms with E-state index in [1.807, 2.05) is 0 Å². The smallest absolute Gasteiger partial charge is 0.336 e. The SMILES string of the molecule is CN(CC(F)(F)F)C(=O)C1(C)CC1. The molecule has 5 heteroatoms. The lowest BCUT2D eigenvalue weighted by atomic mass is 10.1. The van der Waals surface area contributed by atoms with Crippen LogP contribution in [-0.4, -0.2) is 30.6 Å². The van der Waals surface area contributed by atoms with Crippen molar-refractivity contribution in [3.05, 3.63) is 0 Å². The van der Waals surface area contributed by atoms with Crippen LogP contribution in [0.5, 0.6) is 0 Å². The Labute approximate surface area is 74.7 Å². The predicted molar refractivity (Wildman–Crippen MR) is 41.0 cm³/mol. The van der Waals surface area contributed by atoms with Gasteiger partial charge in [0.1, 0.15) is 6.54 Å². The van der Waals surface area contributed by atoms with Crippen LogP contribution in [0.15, 0.2) is 0 Å². The molecule has 1 fully saturated rings. The average molecular weight is 195 g/mol. The molecule has 1 rings (SSSR count).